The second-order valence-electron chi connectivity index (χ2n) is 5.90. The van der Waals surface area contributed by atoms with Gasteiger partial charge in [-0.25, -0.2) is 9.37 Å². The molecule has 3 rings (SSSR count). The molecule has 1 fully saturated rings. The second kappa shape index (κ2) is 7.49. The van der Waals surface area contributed by atoms with E-state index in [4.69, 9.17) is 11.6 Å². The predicted molar refractivity (Wildman–Crippen MR) is 95.3 cm³/mol. The summed E-state index contributed by atoms with van der Waals surface area (Å²) in [7, 11) is 1.60. The van der Waals surface area contributed by atoms with Gasteiger partial charge >= 0.3 is 0 Å². The van der Waals surface area contributed by atoms with Crippen LogP contribution in [-0.4, -0.2) is 35.3 Å². The largest absolute Gasteiger partial charge is 0.341 e. The van der Waals surface area contributed by atoms with Gasteiger partial charge in [-0.2, -0.15) is 0 Å². The van der Waals surface area contributed by atoms with Crippen molar-refractivity contribution in [2.75, 3.05) is 18.5 Å². The number of hydrogen-bond donors (Lipinski definition) is 0. The lowest BCUT2D eigenvalue weighted by Gasteiger charge is -2.18. The Balaban J connectivity index is 1.64. The number of hydrogen-bond acceptors (Lipinski definition) is 4. The normalized spacial score (nSPS) is 14.2. The Kier molecular flexibility index (Phi) is 5.34. The highest BCUT2D eigenvalue weighted by Crippen LogP contribution is 2.26. The lowest BCUT2D eigenvalue weighted by Crippen LogP contribution is -2.28. The Labute approximate surface area is 154 Å². The molecule has 1 aliphatic rings. The van der Waals surface area contributed by atoms with Crippen LogP contribution in [0.2, 0.25) is 5.02 Å². The lowest BCUT2D eigenvalue weighted by molar-refractivity contribution is -0.129. The molecular formula is C17H17ClFN3O2S. The van der Waals surface area contributed by atoms with Crippen molar-refractivity contribution in [3.05, 3.63) is 45.7 Å². The zero-order valence-electron chi connectivity index (χ0n) is 13.7. The van der Waals surface area contributed by atoms with Gasteiger partial charge in [0.05, 0.1) is 12.1 Å². The molecule has 2 aromatic rings. The van der Waals surface area contributed by atoms with Crippen molar-refractivity contribution in [1.82, 2.24) is 9.88 Å². The highest BCUT2D eigenvalue weighted by molar-refractivity contribution is 7.14. The Hall–Kier alpha value is -1.99. The molecular weight excluding hydrogens is 365 g/mol. The van der Waals surface area contributed by atoms with Gasteiger partial charge in [0.2, 0.25) is 11.8 Å². The molecule has 2 amide bonds. The minimum atomic E-state index is -0.435. The van der Waals surface area contributed by atoms with Gasteiger partial charge < -0.3 is 4.90 Å². The summed E-state index contributed by atoms with van der Waals surface area (Å²) in [6, 6.07) is 4.44. The predicted octanol–water partition coefficient (Wildman–Crippen LogP) is 3.26. The minimum Gasteiger partial charge on any atom is -0.341 e. The highest BCUT2D eigenvalue weighted by atomic mass is 35.5. The van der Waals surface area contributed by atoms with Crippen molar-refractivity contribution in [2.45, 2.75) is 25.8 Å². The third kappa shape index (κ3) is 3.99. The molecule has 1 aromatic heterocycles. The summed E-state index contributed by atoms with van der Waals surface area (Å²) in [5.74, 6) is -0.557. The fourth-order valence-electron chi connectivity index (χ4n) is 2.65. The zero-order valence-corrected chi connectivity index (χ0v) is 15.2. The molecule has 0 spiro atoms. The van der Waals surface area contributed by atoms with Crippen LogP contribution >= 0.6 is 22.9 Å². The maximum absolute atomic E-state index is 13.8. The molecule has 1 saturated heterocycles. The molecule has 0 atom stereocenters. The number of rotatable bonds is 5. The third-order valence-electron chi connectivity index (χ3n) is 4.06. The van der Waals surface area contributed by atoms with Crippen LogP contribution in [0.3, 0.4) is 0 Å². The number of aromatic nitrogens is 1. The van der Waals surface area contributed by atoms with E-state index in [2.05, 4.69) is 4.98 Å². The Morgan fingerprint density at radius 3 is 2.96 bits per heavy atom. The number of nitrogens with zero attached hydrogens (tertiary/aromatic N) is 3. The van der Waals surface area contributed by atoms with Crippen molar-refractivity contribution < 1.29 is 14.0 Å². The smallest absolute Gasteiger partial charge is 0.228 e. The first-order valence-corrected chi connectivity index (χ1v) is 9.13. The molecule has 0 saturated carbocycles. The van der Waals surface area contributed by atoms with E-state index in [1.54, 1.807) is 23.4 Å². The van der Waals surface area contributed by atoms with Gasteiger partial charge in [0.15, 0.2) is 5.13 Å². The van der Waals surface area contributed by atoms with Gasteiger partial charge in [-0.1, -0.05) is 17.7 Å². The number of benzene rings is 1. The summed E-state index contributed by atoms with van der Waals surface area (Å²) in [6.45, 7) is 0.761. The first kappa shape index (κ1) is 17.8. The van der Waals surface area contributed by atoms with Crippen LogP contribution in [0.15, 0.2) is 23.6 Å². The summed E-state index contributed by atoms with van der Waals surface area (Å²) in [5.41, 5.74) is 0.901. The molecule has 0 unspecified atom stereocenters. The molecule has 25 heavy (non-hydrogen) atoms. The summed E-state index contributed by atoms with van der Waals surface area (Å²) < 4.78 is 13.8. The van der Waals surface area contributed by atoms with Crippen molar-refractivity contribution in [1.29, 1.82) is 0 Å². The fourth-order valence-corrected chi connectivity index (χ4v) is 3.74. The van der Waals surface area contributed by atoms with Gasteiger partial charge in [-0.05, 0) is 18.6 Å². The average molecular weight is 382 g/mol. The standard InChI is InChI=1S/C17H17ClFN3O2S/c1-21(9-12-13(18)4-2-5-14(12)19)16(24)8-11-10-25-17(20-11)22-7-3-6-15(22)23/h2,4-5,10H,3,6-9H2,1H3. The van der Waals surface area contributed by atoms with Crippen molar-refractivity contribution in [2.24, 2.45) is 0 Å². The van der Waals surface area contributed by atoms with Crippen LogP contribution in [-0.2, 0) is 22.6 Å². The topological polar surface area (TPSA) is 53.5 Å². The van der Waals surface area contributed by atoms with Crippen molar-refractivity contribution >= 4 is 39.9 Å². The first-order valence-electron chi connectivity index (χ1n) is 7.87. The highest BCUT2D eigenvalue weighted by Gasteiger charge is 2.24. The van der Waals surface area contributed by atoms with Crippen LogP contribution in [0.5, 0.6) is 0 Å². The number of halogens is 2. The molecule has 132 valence electrons. The van der Waals surface area contributed by atoms with Crippen LogP contribution in [0, 0.1) is 5.82 Å². The van der Waals surface area contributed by atoms with E-state index in [1.165, 1.54) is 28.4 Å². The molecule has 0 aliphatic carbocycles. The van der Waals surface area contributed by atoms with Crippen LogP contribution in [0.25, 0.3) is 0 Å². The summed E-state index contributed by atoms with van der Waals surface area (Å²) >= 11 is 7.36. The maximum Gasteiger partial charge on any atom is 0.228 e. The minimum absolute atomic E-state index is 0.0681. The van der Waals surface area contributed by atoms with E-state index in [1.807, 2.05) is 0 Å². The molecule has 2 heterocycles. The van der Waals surface area contributed by atoms with Crippen LogP contribution in [0.4, 0.5) is 9.52 Å². The first-order chi connectivity index (χ1) is 12.0. The SMILES string of the molecule is CN(Cc1c(F)cccc1Cl)C(=O)Cc1csc(N2CCCC2=O)n1. The van der Waals surface area contributed by atoms with E-state index in [0.717, 1.165) is 6.42 Å². The fraction of sp³-hybridized carbons (Fsp3) is 0.353. The van der Waals surface area contributed by atoms with Gasteiger partial charge in [0.25, 0.3) is 0 Å². The average Bonchev–Trinajstić information content (AvgIpc) is 3.19. The van der Waals surface area contributed by atoms with Crippen LogP contribution in [0.1, 0.15) is 24.1 Å². The molecule has 5 nitrogen and oxygen atoms in total. The van der Waals surface area contributed by atoms with E-state index >= 15 is 0 Å². The number of anilines is 1. The number of likely N-dealkylation sites (N-methyl/N-ethyl adjacent to an activating group) is 1. The number of carbonyl (C=O) groups excluding carboxylic acids is 2. The van der Waals surface area contributed by atoms with E-state index < -0.39 is 5.82 Å². The lowest BCUT2D eigenvalue weighted by atomic mass is 10.2. The molecule has 0 N–H and O–H groups in total. The summed E-state index contributed by atoms with van der Waals surface area (Å²) in [6.07, 6.45) is 1.47. The Morgan fingerprint density at radius 2 is 2.28 bits per heavy atom. The van der Waals surface area contributed by atoms with Crippen LogP contribution < -0.4 is 4.90 Å². The maximum atomic E-state index is 13.8. The van der Waals surface area contributed by atoms with E-state index in [0.29, 0.717) is 34.4 Å². The van der Waals surface area contributed by atoms with Crippen molar-refractivity contribution in [3.8, 4) is 0 Å². The number of carbonyl (C=O) groups is 2. The summed E-state index contributed by atoms with van der Waals surface area (Å²) in [5, 5.41) is 2.70. The summed E-state index contributed by atoms with van der Waals surface area (Å²) in [4.78, 5) is 31.6. The van der Waals surface area contributed by atoms with Crippen molar-refractivity contribution in [3.63, 3.8) is 0 Å². The Bertz CT molecular complexity index is 791. The number of amides is 2. The van der Waals surface area contributed by atoms with Gasteiger partial charge in [-0.15, -0.1) is 11.3 Å². The Morgan fingerprint density at radius 1 is 1.48 bits per heavy atom. The third-order valence-corrected chi connectivity index (χ3v) is 5.33. The quantitative estimate of drug-likeness (QED) is 0.798. The van der Waals surface area contributed by atoms with E-state index in [-0.39, 0.29) is 24.8 Å². The van der Waals surface area contributed by atoms with Gasteiger partial charge in [-0.3, -0.25) is 14.5 Å². The molecule has 0 radical (unpaired) electrons. The molecule has 0 bridgehead atoms. The molecule has 8 heteroatoms. The molecule has 1 aromatic carbocycles. The molecule has 1 aliphatic heterocycles. The monoisotopic (exact) mass is 381 g/mol. The number of thiazole rings is 1. The van der Waals surface area contributed by atoms with Gasteiger partial charge in [0.1, 0.15) is 5.82 Å². The van der Waals surface area contributed by atoms with E-state index in [9.17, 15) is 14.0 Å². The van der Waals surface area contributed by atoms with Gasteiger partial charge in [0, 0.05) is 42.5 Å². The zero-order chi connectivity index (χ0) is 18.0. The second-order valence-corrected chi connectivity index (χ2v) is 7.14.